The van der Waals surface area contributed by atoms with E-state index in [1.54, 1.807) is 17.5 Å². The predicted molar refractivity (Wildman–Crippen MR) is 80.3 cm³/mol. The Morgan fingerprint density at radius 2 is 2.35 bits per heavy atom. The summed E-state index contributed by atoms with van der Waals surface area (Å²) in [5.41, 5.74) is 2.01. The number of aromatic nitrogens is 2. The van der Waals surface area contributed by atoms with Crippen LogP contribution in [0.15, 0.2) is 18.3 Å². The molecule has 0 spiro atoms. The molecule has 1 amide bonds. The lowest BCUT2D eigenvalue weighted by Gasteiger charge is -2.32. The molecule has 0 aliphatic carbocycles. The second kappa shape index (κ2) is 5.40. The monoisotopic (exact) mass is 289 g/mol. The summed E-state index contributed by atoms with van der Waals surface area (Å²) in [5.74, 6) is 0.561. The van der Waals surface area contributed by atoms with Gasteiger partial charge in [0, 0.05) is 40.7 Å². The molecule has 2 aromatic rings. The van der Waals surface area contributed by atoms with E-state index < -0.39 is 0 Å². The number of rotatable bonds is 2. The molecule has 0 radical (unpaired) electrons. The van der Waals surface area contributed by atoms with Gasteiger partial charge in [0.25, 0.3) is 5.91 Å². The van der Waals surface area contributed by atoms with E-state index in [-0.39, 0.29) is 5.91 Å². The number of likely N-dealkylation sites (tertiary alicyclic amines) is 1. The maximum absolute atomic E-state index is 12.7. The zero-order valence-electron chi connectivity index (χ0n) is 11.8. The number of piperidine rings is 1. The molecule has 2 aromatic heterocycles. The summed E-state index contributed by atoms with van der Waals surface area (Å²) < 4.78 is 0. The number of H-pyrrole nitrogens is 1. The third kappa shape index (κ3) is 2.50. The molecule has 106 valence electrons. The number of carbonyl (C=O) groups excluding carboxylic acids is 1. The highest BCUT2D eigenvalue weighted by molar-refractivity contribution is 7.12. The summed E-state index contributed by atoms with van der Waals surface area (Å²) in [6, 6.07) is 4.03. The van der Waals surface area contributed by atoms with Crippen LogP contribution in [0, 0.1) is 13.8 Å². The molecule has 4 nitrogen and oxygen atoms in total. The second-order valence-electron chi connectivity index (χ2n) is 5.43. The molecule has 1 atom stereocenters. The predicted octanol–water partition coefficient (Wildman–Crippen LogP) is 3.11. The smallest absolute Gasteiger partial charge is 0.254 e. The number of hydrogen-bond donors (Lipinski definition) is 1. The zero-order chi connectivity index (χ0) is 14.1. The van der Waals surface area contributed by atoms with Crippen LogP contribution in [-0.4, -0.2) is 34.1 Å². The lowest BCUT2D eigenvalue weighted by Crippen LogP contribution is -2.39. The van der Waals surface area contributed by atoms with Gasteiger partial charge in [0.2, 0.25) is 0 Å². The molecule has 1 unspecified atom stereocenters. The number of carbonyl (C=O) groups is 1. The Morgan fingerprint density at radius 1 is 1.50 bits per heavy atom. The molecule has 0 bridgehead atoms. The first-order valence-corrected chi connectivity index (χ1v) is 7.82. The highest BCUT2D eigenvalue weighted by Gasteiger charge is 2.27. The Labute approximate surface area is 122 Å². The van der Waals surface area contributed by atoms with Gasteiger partial charge in [-0.25, -0.2) is 0 Å². The fourth-order valence-corrected chi connectivity index (χ4v) is 3.84. The molecule has 5 heteroatoms. The van der Waals surface area contributed by atoms with Gasteiger partial charge >= 0.3 is 0 Å². The fourth-order valence-electron chi connectivity index (χ4n) is 2.92. The molecule has 1 aliphatic heterocycles. The Balaban J connectivity index is 1.77. The molecule has 20 heavy (non-hydrogen) atoms. The van der Waals surface area contributed by atoms with Crippen LogP contribution in [0.3, 0.4) is 0 Å². The van der Waals surface area contributed by atoms with Gasteiger partial charge in [0.1, 0.15) is 0 Å². The number of aromatic amines is 1. The van der Waals surface area contributed by atoms with Crippen LogP contribution in [0.1, 0.15) is 44.6 Å². The summed E-state index contributed by atoms with van der Waals surface area (Å²) in [4.78, 5) is 17.0. The van der Waals surface area contributed by atoms with E-state index in [0.29, 0.717) is 5.92 Å². The van der Waals surface area contributed by atoms with Gasteiger partial charge in [0.15, 0.2) is 0 Å². The van der Waals surface area contributed by atoms with Crippen LogP contribution >= 0.6 is 11.3 Å². The van der Waals surface area contributed by atoms with Crippen molar-refractivity contribution < 1.29 is 4.79 Å². The summed E-state index contributed by atoms with van der Waals surface area (Å²) in [6.07, 6.45) is 3.95. The average Bonchev–Trinajstić information content (AvgIpc) is 3.08. The summed E-state index contributed by atoms with van der Waals surface area (Å²) in [6.45, 7) is 5.73. The van der Waals surface area contributed by atoms with Crippen molar-refractivity contribution in [3.05, 3.63) is 39.3 Å². The average molecular weight is 289 g/mol. The van der Waals surface area contributed by atoms with Crippen molar-refractivity contribution in [2.75, 3.05) is 13.1 Å². The van der Waals surface area contributed by atoms with Gasteiger partial charge in [0.05, 0.1) is 5.56 Å². The normalized spacial score (nSPS) is 19.3. The van der Waals surface area contributed by atoms with Crippen molar-refractivity contribution >= 4 is 17.2 Å². The van der Waals surface area contributed by atoms with Gasteiger partial charge in [-0.1, -0.05) is 0 Å². The van der Waals surface area contributed by atoms with Crippen LogP contribution < -0.4 is 0 Å². The fraction of sp³-hybridized carbons (Fsp3) is 0.467. The Hall–Kier alpha value is -1.62. The van der Waals surface area contributed by atoms with E-state index >= 15 is 0 Å². The highest BCUT2D eigenvalue weighted by Crippen LogP contribution is 2.28. The highest BCUT2D eigenvalue weighted by atomic mass is 32.1. The largest absolute Gasteiger partial charge is 0.338 e. The molecular formula is C15H19N3OS. The quantitative estimate of drug-likeness (QED) is 0.923. The lowest BCUT2D eigenvalue weighted by atomic mass is 9.94. The van der Waals surface area contributed by atoms with Crippen LogP contribution in [-0.2, 0) is 0 Å². The molecule has 1 saturated heterocycles. The summed E-state index contributed by atoms with van der Waals surface area (Å²) in [7, 11) is 0. The molecular weight excluding hydrogens is 270 g/mol. The van der Waals surface area contributed by atoms with E-state index in [0.717, 1.165) is 42.1 Å². The standard InChI is InChI=1S/C15H19N3OS/c1-10-8-13(11(2)20-10)15(19)18-7-3-4-12(9-18)14-5-6-16-17-14/h5-6,8,12H,3-4,7,9H2,1-2H3,(H,16,17). The molecule has 0 aromatic carbocycles. The number of hydrogen-bond acceptors (Lipinski definition) is 3. The number of nitrogens with zero attached hydrogens (tertiary/aromatic N) is 2. The molecule has 1 N–H and O–H groups in total. The van der Waals surface area contributed by atoms with Crippen LogP contribution in [0.4, 0.5) is 0 Å². The van der Waals surface area contributed by atoms with E-state index in [9.17, 15) is 4.79 Å². The third-order valence-corrected chi connectivity index (χ3v) is 4.91. The zero-order valence-corrected chi connectivity index (χ0v) is 12.7. The van der Waals surface area contributed by atoms with Gasteiger partial charge in [-0.2, -0.15) is 5.10 Å². The molecule has 1 fully saturated rings. The third-order valence-electron chi connectivity index (χ3n) is 3.94. The van der Waals surface area contributed by atoms with Crippen LogP contribution in [0.25, 0.3) is 0 Å². The maximum atomic E-state index is 12.7. The van der Waals surface area contributed by atoms with Gasteiger partial charge in [-0.3, -0.25) is 9.89 Å². The number of thiophene rings is 1. The van der Waals surface area contributed by atoms with Crippen LogP contribution in [0.5, 0.6) is 0 Å². The SMILES string of the molecule is Cc1cc(C(=O)N2CCCC(c3ccn[nH]3)C2)c(C)s1. The second-order valence-corrected chi connectivity index (χ2v) is 6.89. The maximum Gasteiger partial charge on any atom is 0.254 e. The Morgan fingerprint density at radius 3 is 3.00 bits per heavy atom. The van der Waals surface area contributed by atoms with Crippen molar-refractivity contribution in [1.29, 1.82) is 0 Å². The molecule has 1 aliphatic rings. The van der Waals surface area contributed by atoms with E-state index in [4.69, 9.17) is 0 Å². The van der Waals surface area contributed by atoms with Gasteiger partial charge in [-0.15, -0.1) is 11.3 Å². The van der Waals surface area contributed by atoms with E-state index in [1.165, 1.54) is 4.88 Å². The first-order valence-electron chi connectivity index (χ1n) is 7.00. The minimum absolute atomic E-state index is 0.177. The van der Waals surface area contributed by atoms with Crippen molar-refractivity contribution in [2.45, 2.75) is 32.6 Å². The molecule has 3 heterocycles. The minimum atomic E-state index is 0.177. The first-order chi connectivity index (χ1) is 9.65. The number of amides is 1. The van der Waals surface area contributed by atoms with Crippen molar-refractivity contribution in [3.8, 4) is 0 Å². The van der Waals surface area contributed by atoms with Gasteiger partial charge < -0.3 is 4.90 Å². The number of nitrogens with one attached hydrogen (secondary N) is 1. The Kier molecular flexibility index (Phi) is 3.61. The molecule has 0 saturated carbocycles. The van der Waals surface area contributed by atoms with E-state index in [1.807, 2.05) is 24.0 Å². The van der Waals surface area contributed by atoms with Crippen molar-refractivity contribution in [3.63, 3.8) is 0 Å². The Bertz CT molecular complexity index is 603. The summed E-state index contributed by atoms with van der Waals surface area (Å²) >= 11 is 1.70. The van der Waals surface area contributed by atoms with Crippen LogP contribution in [0.2, 0.25) is 0 Å². The molecule has 3 rings (SSSR count). The number of aryl methyl sites for hydroxylation is 2. The summed E-state index contributed by atoms with van der Waals surface area (Å²) in [5, 5.41) is 7.05. The van der Waals surface area contributed by atoms with E-state index in [2.05, 4.69) is 17.1 Å². The van der Waals surface area contributed by atoms with Crippen molar-refractivity contribution in [2.24, 2.45) is 0 Å². The minimum Gasteiger partial charge on any atom is -0.338 e. The first kappa shape index (κ1) is 13.4. The topological polar surface area (TPSA) is 49.0 Å². The van der Waals surface area contributed by atoms with Gasteiger partial charge in [-0.05, 0) is 38.8 Å². The van der Waals surface area contributed by atoms with Crippen molar-refractivity contribution in [1.82, 2.24) is 15.1 Å². The lowest BCUT2D eigenvalue weighted by molar-refractivity contribution is 0.0705.